The molecule has 0 bridgehead atoms. The van der Waals surface area contributed by atoms with Crippen molar-refractivity contribution < 1.29 is 0 Å². The summed E-state index contributed by atoms with van der Waals surface area (Å²) in [6, 6.07) is 7.97. The molecule has 0 aliphatic carbocycles. The number of thioether (sulfide) groups is 1. The number of aromatic amines is 1. The number of aromatic nitrogens is 4. The minimum atomic E-state index is 0.481. The van der Waals surface area contributed by atoms with Crippen LogP contribution in [0.2, 0.25) is 0 Å². The van der Waals surface area contributed by atoms with Crippen molar-refractivity contribution in [2.24, 2.45) is 0 Å². The maximum atomic E-state index is 4.63. The van der Waals surface area contributed by atoms with E-state index in [9.17, 15) is 0 Å². The second kappa shape index (κ2) is 6.93. The van der Waals surface area contributed by atoms with Gasteiger partial charge in [-0.3, -0.25) is 5.10 Å². The molecule has 0 unspecified atom stereocenters. The average molecular weight is 395 g/mol. The topological polar surface area (TPSA) is 54.5 Å². The molecule has 0 radical (unpaired) electrons. The standard InChI is InChI=1S/C15H15BrN4S2/c1-9(2)14-17-10(7-21-14)8-22-15-18-13(19-20-15)11-5-3-4-6-12(11)16/h3-7,9H,8H2,1-2H3,(H,18,19,20). The van der Waals surface area contributed by atoms with Gasteiger partial charge in [-0.05, 0) is 6.07 Å². The summed E-state index contributed by atoms with van der Waals surface area (Å²) in [5.41, 5.74) is 2.10. The van der Waals surface area contributed by atoms with Crippen molar-refractivity contribution in [2.75, 3.05) is 0 Å². The van der Waals surface area contributed by atoms with Crippen molar-refractivity contribution in [3.05, 3.63) is 44.8 Å². The van der Waals surface area contributed by atoms with Gasteiger partial charge in [-0.2, -0.15) is 0 Å². The molecule has 2 heterocycles. The van der Waals surface area contributed by atoms with Crippen LogP contribution in [0.5, 0.6) is 0 Å². The van der Waals surface area contributed by atoms with E-state index in [2.05, 4.69) is 55.3 Å². The summed E-state index contributed by atoms with van der Waals surface area (Å²) in [6.07, 6.45) is 0. The van der Waals surface area contributed by atoms with E-state index < -0.39 is 0 Å². The molecule has 0 fully saturated rings. The zero-order valence-corrected chi connectivity index (χ0v) is 15.4. The number of hydrogen-bond acceptors (Lipinski definition) is 5. The third kappa shape index (κ3) is 3.59. The van der Waals surface area contributed by atoms with Crippen LogP contribution in [0.1, 0.15) is 30.5 Å². The van der Waals surface area contributed by atoms with E-state index in [0.29, 0.717) is 5.92 Å². The number of nitrogens with zero attached hydrogens (tertiary/aromatic N) is 3. The summed E-state index contributed by atoms with van der Waals surface area (Å²) < 4.78 is 1.00. The predicted octanol–water partition coefficient (Wildman–Crippen LogP) is 5.11. The Kier molecular flexibility index (Phi) is 4.95. The minimum absolute atomic E-state index is 0.481. The molecule has 1 N–H and O–H groups in total. The van der Waals surface area contributed by atoms with Crippen molar-refractivity contribution in [1.29, 1.82) is 0 Å². The number of thiazole rings is 1. The highest BCUT2D eigenvalue weighted by molar-refractivity contribution is 9.10. The van der Waals surface area contributed by atoms with Crippen molar-refractivity contribution in [3.63, 3.8) is 0 Å². The first-order valence-electron chi connectivity index (χ1n) is 6.88. The molecule has 0 atom stereocenters. The van der Waals surface area contributed by atoms with E-state index in [1.807, 2.05) is 24.3 Å². The maximum Gasteiger partial charge on any atom is 0.209 e. The van der Waals surface area contributed by atoms with Crippen LogP contribution in [0.3, 0.4) is 0 Å². The molecule has 3 rings (SSSR count). The smallest absolute Gasteiger partial charge is 0.209 e. The van der Waals surface area contributed by atoms with Crippen molar-refractivity contribution in [1.82, 2.24) is 20.2 Å². The molecule has 0 aliphatic heterocycles. The van der Waals surface area contributed by atoms with Gasteiger partial charge in [0.05, 0.1) is 10.7 Å². The van der Waals surface area contributed by atoms with E-state index in [4.69, 9.17) is 0 Å². The molecule has 0 aliphatic rings. The van der Waals surface area contributed by atoms with Crippen molar-refractivity contribution >= 4 is 39.0 Å². The summed E-state index contributed by atoms with van der Waals surface area (Å²) in [7, 11) is 0. The van der Waals surface area contributed by atoms with Crippen LogP contribution in [-0.2, 0) is 5.75 Å². The highest BCUT2D eigenvalue weighted by Gasteiger charge is 2.10. The molecule has 0 amide bonds. The minimum Gasteiger partial charge on any atom is -0.258 e. The van der Waals surface area contributed by atoms with Gasteiger partial charge >= 0.3 is 0 Å². The quantitative estimate of drug-likeness (QED) is 0.611. The molecular formula is C15H15BrN4S2. The summed E-state index contributed by atoms with van der Waals surface area (Å²) in [5.74, 6) is 2.04. The van der Waals surface area contributed by atoms with Gasteiger partial charge in [0.25, 0.3) is 0 Å². The number of nitrogens with one attached hydrogen (secondary N) is 1. The molecule has 7 heteroatoms. The lowest BCUT2D eigenvalue weighted by Crippen LogP contribution is -1.87. The first-order valence-corrected chi connectivity index (χ1v) is 9.53. The number of rotatable bonds is 5. The van der Waals surface area contributed by atoms with Gasteiger partial charge in [-0.25, -0.2) is 9.97 Å². The van der Waals surface area contributed by atoms with E-state index in [1.54, 1.807) is 23.1 Å². The number of hydrogen-bond donors (Lipinski definition) is 1. The molecule has 4 nitrogen and oxygen atoms in total. The molecule has 0 saturated heterocycles. The third-order valence-corrected chi connectivity index (χ3v) is 5.77. The normalized spacial score (nSPS) is 11.3. The highest BCUT2D eigenvalue weighted by atomic mass is 79.9. The SMILES string of the molecule is CC(C)c1nc(CSc2n[nH]c(-c3ccccc3Br)n2)cs1. The molecular weight excluding hydrogens is 380 g/mol. The molecule has 0 saturated carbocycles. The Hall–Kier alpha value is -1.18. The van der Waals surface area contributed by atoms with Gasteiger partial charge in [0.1, 0.15) is 0 Å². The Balaban J connectivity index is 1.68. The third-order valence-electron chi connectivity index (χ3n) is 3.01. The molecule has 22 heavy (non-hydrogen) atoms. The van der Waals surface area contributed by atoms with Crippen LogP contribution < -0.4 is 0 Å². The summed E-state index contributed by atoms with van der Waals surface area (Å²) >= 11 is 6.84. The van der Waals surface area contributed by atoms with Gasteiger partial charge in [-0.15, -0.1) is 16.4 Å². The average Bonchev–Trinajstić information content (AvgIpc) is 3.15. The van der Waals surface area contributed by atoms with Crippen LogP contribution >= 0.6 is 39.0 Å². The summed E-state index contributed by atoms with van der Waals surface area (Å²) in [5, 5.41) is 11.3. The number of H-pyrrole nitrogens is 1. The van der Waals surface area contributed by atoms with E-state index >= 15 is 0 Å². The van der Waals surface area contributed by atoms with Gasteiger partial charge < -0.3 is 0 Å². The Morgan fingerprint density at radius 2 is 2.09 bits per heavy atom. The largest absolute Gasteiger partial charge is 0.258 e. The summed E-state index contributed by atoms with van der Waals surface area (Å²) in [4.78, 5) is 9.17. The Bertz CT molecular complexity index is 766. The van der Waals surface area contributed by atoms with Gasteiger partial charge in [0.2, 0.25) is 5.16 Å². The maximum absolute atomic E-state index is 4.63. The van der Waals surface area contributed by atoms with Gasteiger partial charge in [0.15, 0.2) is 5.82 Å². The lowest BCUT2D eigenvalue weighted by Gasteiger charge is -1.98. The zero-order valence-electron chi connectivity index (χ0n) is 12.2. The Morgan fingerprint density at radius 1 is 1.27 bits per heavy atom. The van der Waals surface area contributed by atoms with Crippen LogP contribution in [0.4, 0.5) is 0 Å². The van der Waals surface area contributed by atoms with Crippen LogP contribution in [-0.4, -0.2) is 20.2 Å². The lowest BCUT2D eigenvalue weighted by molar-refractivity contribution is 0.846. The molecule has 3 aromatic rings. The Labute approximate surface area is 145 Å². The first-order chi connectivity index (χ1) is 10.6. The van der Waals surface area contributed by atoms with Crippen molar-refractivity contribution in [3.8, 4) is 11.4 Å². The zero-order chi connectivity index (χ0) is 15.5. The van der Waals surface area contributed by atoms with E-state index in [-0.39, 0.29) is 0 Å². The van der Waals surface area contributed by atoms with Crippen LogP contribution in [0.25, 0.3) is 11.4 Å². The van der Waals surface area contributed by atoms with Gasteiger partial charge in [-0.1, -0.05) is 59.7 Å². The molecule has 0 spiro atoms. The van der Waals surface area contributed by atoms with Gasteiger partial charge in [0, 0.05) is 27.1 Å². The fourth-order valence-electron chi connectivity index (χ4n) is 1.88. The fourth-order valence-corrected chi connectivity index (χ4v) is 3.98. The van der Waals surface area contributed by atoms with Crippen LogP contribution in [0, 0.1) is 0 Å². The van der Waals surface area contributed by atoms with E-state index in [0.717, 1.165) is 32.5 Å². The van der Waals surface area contributed by atoms with Crippen LogP contribution in [0.15, 0.2) is 39.3 Å². The summed E-state index contributed by atoms with van der Waals surface area (Å²) in [6.45, 7) is 4.32. The second-order valence-electron chi connectivity index (χ2n) is 5.07. The molecule has 1 aromatic carbocycles. The lowest BCUT2D eigenvalue weighted by atomic mass is 10.2. The number of benzene rings is 1. The Morgan fingerprint density at radius 3 is 2.82 bits per heavy atom. The fraction of sp³-hybridized carbons (Fsp3) is 0.267. The monoisotopic (exact) mass is 394 g/mol. The highest BCUT2D eigenvalue weighted by Crippen LogP contribution is 2.28. The van der Waals surface area contributed by atoms with E-state index in [1.165, 1.54) is 5.01 Å². The first kappa shape index (κ1) is 15.7. The number of halogens is 1. The molecule has 2 aromatic heterocycles. The second-order valence-corrected chi connectivity index (χ2v) is 7.75. The van der Waals surface area contributed by atoms with Crippen molar-refractivity contribution in [2.45, 2.75) is 30.7 Å². The molecule has 114 valence electrons. The predicted molar refractivity (Wildman–Crippen MR) is 95.3 cm³/mol.